The Morgan fingerprint density at radius 2 is 2.00 bits per heavy atom. The molecule has 3 aromatic rings. The number of hydrogen-bond donors (Lipinski definition) is 0. The van der Waals surface area contributed by atoms with Crippen LogP contribution in [0.15, 0.2) is 53.7 Å². The van der Waals surface area contributed by atoms with E-state index in [1.54, 1.807) is 43.5 Å². The van der Waals surface area contributed by atoms with Gasteiger partial charge in [0, 0.05) is 17.8 Å². The Morgan fingerprint density at radius 3 is 2.70 bits per heavy atom. The Hall–Kier alpha value is -2.67. The zero-order chi connectivity index (χ0) is 19.2. The van der Waals surface area contributed by atoms with Gasteiger partial charge in [-0.05, 0) is 56.0 Å². The van der Waals surface area contributed by atoms with Gasteiger partial charge in [0.05, 0.1) is 17.4 Å². The van der Waals surface area contributed by atoms with Crippen LogP contribution in [0, 0.1) is 12.8 Å². The normalized spacial score (nSPS) is 19.2. The van der Waals surface area contributed by atoms with Crippen LogP contribution in [-0.4, -0.2) is 30.0 Å². The molecule has 1 saturated carbocycles. The Bertz CT molecular complexity index is 1120. The van der Waals surface area contributed by atoms with E-state index < -0.39 is 10.0 Å². The van der Waals surface area contributed by atoms with Gasteiger partial charge in [0.1, 0.15) is 0 Å². The first-order chi connectivity index (χ1) is 12.9. The number of carbonyl (C=O) groups is 1. The van der Waals surface area contributed by atoms with Crippen molar-refractivity contribution in [3.05, 3.63) is 59.9 Å². The van der Waals surface area contributed by atoms with Gasteiger partial charge in [-0.3, -0.25) is 4.79 Å². The van der Waals surface area contributed by atoms with Gasteiger partial charge >= 0.3 is 5.97 Å². The third-order valence-corrected chi connectivity index (χ3v) is 6.58. The lowest BCUT2D eigenvalue weighted by Crippen LogP contribution is -2.12. The first kappa shape index (κ1) is 17.7. The molecule has 0 radical (unpaired) electrons. The highest BCUT2D eigenvalue weighted by Gasteiger charge is 2.45. The summed E-state index contributed by atoms with van der Waals surface area (Å²) in [5.41, 5.74) is 2.31. The molecule has 6 nitrogen and oxygen atoms in total. The van der Waals surface area contributed by atoms with Crippen molar-refractivity contribution in [2.45, 2.75) is 31.1 Å². The van der Waals surface area contributed by atoms with Crippen LogP contribution in [0.4, 0.5) is 0 Å². The molecule has 140 valence electrons. The topological polar surface area (TPSA) is 78.3 Å². The molecule has 4 rings (SSSR count). The number of hydrogen-bond acceptors (Lipinski definition) is 5. The number of carbonyl (C=O) groups excluding carboxylic acids is 1. The average molecular weight is 384 g/mol. The van der Waals surface area contributed by atoms with Crippen molar-refractivity contribution in [3.8, 4) is 0 Å². The van der Waals surface area contributed by atoms with E-state index in [0.29, 0.717) is 12.3 Å². The molecule has 1 aliphatic rings. The molecule has 0 spiro atoms. The van der Waals surface area contributed by atoms with E-state index in [0.717, 1.165) is 22.9 Å². The molecule has 0 saturated heterocycles. The van der Waals surface area contributed by atoms with Crippen molar-refractivity contribution in [3.63, 3.8) is 0 Å². The summed E-state index contributed by atoms with van der Waals surface area (Å²) in [5, 5.41) is 0.734. The Balaban J connectivity index is 1.66. The molecular weight excluding hydrogens is 364 g/mol. The van der Waals surface area contributed by atoms with Gasteiger partial charge in [-0.1, -0.05) is 17.7 Å². The molecule has 7 heteroatoms. The SMILES string of the molecule is CCOC(=O)[C@@H]1C[C@@H]1c1cnc2c(ccn2S(=O)(=O)c2ccc(C)cc2)c1. The molecule has 1 fully saturated rings. The zero-order valence-electron chi connectivity index (χ0n) is 15.1. The molecule has 0 aliphatic heterocycles. The molecule has 1 aliphatic carbocycles. The maximum atomic E-state index is 12.9. The van der Waals surface area contributed by atoms with E-state index in [1.807, 2.05) is 13.0 Å². The quantitative estimate of drug-likeness (QED) is 0.631. The number of rotatable bonds is 5. The van der Waals surface area contributed by atoms with Crippen LogP contribution in [0.1, 0.15) is 30.4 Å². The van der Waals surface area contributed by atoms with Gasteiger partial charge in [0.25, 0.3) is 10.0 Å². The molecule has 2 heterocycles. The molecule has 0 N–H and O–H groups in total. The standard InChI is InChI=1S/C20H20N2O4S/c1-3-26-20(23)18-11-17(18)15-10-14-8-9-22(19(14)21-12-15)27(24,25)16-6-4-13(2)5-7-16/h4-10,12,17-18H,3,11H2,1-2H3/t17-,18-/m1/s1. The van der Waals surface area contributed by atoms with E-state index in [-0.39, 0.29) is 22.7 Å². The molecule has 1 aromatic carbocycles. The number of aryl methyl sites for hydroxylation is 1. The number of esters is 1. The molecule has 2 atom stereocenters. The van der Waals surface area contributed by atoms with E-state index >= 15 is 0 Å². The maximum Gasteiger partial charge on any atom is 0.309 e. The number of pyridine rings is 1. The highest BCUT2D eigenvalue weighted by molar-refractivity contribution is 7.90. The fraction of sp³-hybridized carbons (Fsp3) is 0.300. The fourth-order valence-electron chi connectivity index (χ4n) is 3.31. The van der Waals surface area contributed by atoms with E-state index in [4.69, 9.17) is 4.74 Å². The minimum absolute atomic E-state index is 0.0954. The summed E-state index contributed by atoms with van der Waals surface area (Å²) in [6.45, 7) is 4.07. The largest absolute Gasteiger partial charge is 0.466 e. The second kappa shape index (κ2) is 6.49. The summed E-state index contributed by atoms with van der Waals surface area (Å²) in [7, 11) is -3.71. The van der Waals surface area contributed by atoms with Gasteiger partial charge in [0.2, 0.25) is 0 Å². The Morgan fingerprint density at radius 1 is 1.26 bits per heavy atom. The van der Waals surface area contributed by atoms with E-state index in [1.165, 1.54) is 10.2 Å². The monoisotopic (exact) mass is 384 g/mol. The summed E-state index contributed by atoms with van der Waals surface area (Å²) < 4.78 is 32.1. The minimum atomic E-state index is -3.71. The third kappa shape index (κ3) is 3.12. The molecule has 0 unspecified atom stereocenters. The summed E-state index contributed by atoms with van der Waals surface area (Å²) in [4.78, 5) is 16.4. The molecule has 0 amide bonds. The van der Waals surface area contributed by atoms with Gasteiger partial charge in [-0.25, -0.2) is 17.4 Å². The van der Waals surface area contributed by atoms with Crippen molar-refractivity contribution in [2.24, 2.45) is 5.92 Å². The highest BCUT2D eigenvalue weighted by atomic mass is 32.2. The van der Waals surface area contributed by atoms with Crippen LogP contribution in [0.3, 0.4) is 0 Å². The molecular formula is C20H20N2O4S. The lowest BCUT2D eigenvalue weighted by molar-refractivity contribution is -0.144. The molecule has 2 aromatic heterocycles. The summed E-state index contributed by atoms with van der Waals surface area (Å²) in [6, 6.07) is 10.4. The van der Waals surface area contributed by atoms with Gasteiger partial charge in [0.15, 0.2) is 5.65 Å². The van der Waals surface area contributed by atoms with E-state index in [9.17, 15) is 13.2 Å². The maximum absolute atomic E-state index is 12.9. The number of aromatic nitrogens is 2. The van der Waals surface area contributed by atoms with Crippen molar-refractivity contribution in [2.75, 3.05) is 6.61 Å². The van der Waals surface area contributed by atoms with Crippen LogP contribution < -0.4 is 0 Å². The van der Waals surface area contributed by atoms with E-state index in [2.05, 4.69) is 4.98 Å². The fourth-order valence-corrected chi connectivity index (χ4v) is 4.62. The Kier molecular flexibility index (Phi) is 4.26. The van der Waals surface area contributed by atoms with Crippen molar-refractivity contribution in [1.29, 1.82) is 0 Å². The van der Waals surface area contributed by atoms with Crippen LogP contribution in [-0.2, 0) is 19.6 Å². The second-order valence-corrected chi connectivity index (χ2v) is 8.63. The second-order valence-electron chi connectivity index (χ2n) is 6.81. The minimum Gasteiger partial charge on any atom is -0.466 e. The van der Waals surface area contributed by atoms with Crippen LogP contribution in [0.25, 0.3) is 11.0 Å². The van der Waals surface area contributed by atoms with Crippen molar-refractivity contribution < 1.29 is 17.9 Å². The Labute approximate surface area is 157 Å². The molecule has 0 bridgehead atoms. The van der Waals surface area contributed by atoms with Crippen LogP contribution in [0.2, 0.25) is 0 Å². The van der Waals surface area contributed by atoms with Crippen LogP contribution >= 0.6 is 0 Å². The first-order valence-electron chi connectivity index (χ1n) is 8.87. The number of fused-ring (bicyclic) bond motifs is 1. The molecule has 27 heavy (non-hydrogen) atoms. The zero-order valence-corrected chi connectivity index (χ0v) is 15.9. The van der Waals surface area contributed by atoms with Gasteiger partial charge < -0.3 is 4.74 Å². The lowest BCUT2D eigenvalue weighted by Gasteiger charge is -2.08. The lowest BCUT2D eigenvalue weighted by atomic mass is 10.1. The predicted octanol–water partition coefficient (Wildman–Crippen LogP) is 3.25. The smallest absolute Gasteiger partial charge is 0.309 e. The van der Waals surface area contributed by atoms with Gasteiger partial charge in [-0.2, -0.15) is 0 Å². The first-order valence-corrected chi connectivity index (χ1v) is 10.3. The predicted molar refractivity (Wildman–Crippen MR) is 101 cm³/mol. The van der Waals surface area contributed by atoms with Gasteiger partial charge in [-0.15, -0.1) is 0 Å². The summed E-state index contributed by atoms with van der Waals surface area (Å²) >= 11 is 0. The van der Waals surface area contributed by atoms with Crippen molar-refractivity contribution in [1.82, 2.24) is 8.96 Å². The third-order valence-electron chi connectivity index (χ3n) is 4.90. The highest BCUT2D eigenvalue weighted by Crippen LogP contribution is 2.48. The number of nitrogens with zero attached hydrogens (tertiary/aromatic N) is 2. The number of ether oxygens (including phenoxy) is 1. The summed E-state index contributed by atoms with van der Waals surface area (Å²) in [5.74, 6) is -0.206. The van der Waals surface area contributed by atoms with Crippen molar-refractivity contribution >= 4 is 27.0 Å². The number of benzene rings is 1. The summed E-state index contributed by atoms with van der Waals surface area (Å²) in [6.07, 6.45) is 3.92. The van der Waals surface area contributed by atoms with Crippen LogP contribution in [0.5, 0.6) is 0 Å². The average Bonchev–Trinajstić information content (AvgIpc) is 3.33.